The van der Waals surface area contributed by atoms with E-state index >= 15 is 0 Å². The highest BCUT2D eigenvalue weighted by atomic mass is 16.5. The van der Waals surface area contributed by atoms with Crippen LogP contribution in [0.25, 0.3) is 6.08 Å². The van der Waals surface area contributed by atoms with Gasteiger partial charge in [0.05, 0.1) is 6.61 Å². The van der Waals surface area contributed by atoms with Crippen LogP contribution in [0, 0.1) is 5.92 Å². The first-order valence-corrected chi connectivity index (χ1v) is 9.00. The predicted molar refractivity (Wildman–Crippen MR) is 93.3 cm³/mol. The van der Waals surface area contributed by atoms with Gasteiger partial charge in [0, 0.05) is 24.2 Å². The van der Waals surface area contributed by atoms with Gasteiger partial charge >= 0.3 is 0 Å². The number of hydrogen-bond donors (Lipinski definition) is 0. The summed E-state index contributed by atoms with van der Waals surface area (Å²) in [4.78, 5) is 14.8. The predicted octanol–water partition coefficient (Wildman–Crippen LogP) is 4.28. The number of amides is 1. The molecule has 1 heterocycles. The van der Waals surface area contributed by atoms with Crippen molar-refractivity contribution in [3.8, 4) is 5.75 Å². The molecule has 1 saturated heterocycles. The van der Waals surface area contributed by atoms with Crippen molar-refractivity contribution in [3.05, 3.63) is 35.9 Å². The molecule has 3 rings (SSSR count). The molecule has 0 aromatic heterocycles. The molecule has 3 heteroatoms. The normalized spacial score (nSPS) is 24.5. The van der Waals surface area contributed by atoms with Crippen molar-refractivity contribution >= 4 is 12.0 Å². The van der Waals surface area contributed by atoms with Crippen molar-refractivity contribution in [3.63, 3.8) is 0 Å². The molecule has 23 heavy (non-hydrogen) atoms. The first-order chi connectivity index (χ1) is 11.3. The summed E-state index contributed by atoms with van der Waals surface area (Å²) in [5, 5.41) is 0. The van der Waals surface area contributed by atoms with Crippen molar-refractivity contribution in [2.45, 2.75) is 51.5 Å². The monoisotopic (exact) mass is 313 g/mol. The minimum atomic E-state index is 0.160. The highest BCUT2D eigenvalue weighted by molar-refractivity contribution is 5.92. The molecule has 2 fully saturated rings. The number of rotatable bonds is 4. The molecule has 2 aliphatic rings. The van der Waals surface area contributed by atoms with E-state index in [4.69, 9.17) is 4.74 Å². The highest BCUT2D eigenvalue weighted by Gasteiger charge is 2.34. The van der Waals surface area contributed by atoms with Gasteiger partial charge in [-0.05, 0) is 50.7 Å². The lowest BCUT2D eigenvalue weighted by Crippen LogP contribution is -2.49. The molecule has 2 unspecified atom stereocenters. The number of ether oxygens (including phenoxy) is 1. The molecule has 2 atom stereocenters. The molecular formula is C20H27NO2. The third-order valence-corrected chi connectivity index (χ3v) is 5.15. The minimum Gasteiger partial charge on any atom is -0.493 e. The van der Waals surface area contributed by atoms with Crippen LogP contribution in [0.2, 0.25) is 0 Å². The number of piperidine rings is 1. The summed E-state index contributed by atoms with van der Waals surface area (Å²) >= 11 is 0. The van der Waals surface area contributed by atoms with Gasteiger partial charge in [0.15, 0.2) is 0 Å². The fraction of sp³-hybridized carbons (Fsp3) is 0.550. The molecule has 0 spiro atoms. The first kappa shape index (κ1) is 16.1. The second-order valence-corrected chi connectivity index (χ2v) is 6.59. The zero-order valence-corrected chi connectivity index (χ0v) is 14.0. The Morgan fingerprint density at radius 3 is 2.87 bits per heavy atom. The molecule has 1 aliphatic heterocycles. The highest BCUT2D eigenvalue weighted by Crippen LogP contribution is 2.35. The lowest BCUT2D eigenvalue weighted by molar-refractivity contribution is -0.132. The smallest absolute Gasteiger partial charge is 0.246 e. The maximum absolute atomic E-state index is 12.7. The number of hydrogen-bond acceptors (Lipinski definition) is 2. The summed E-state index contributed by atoms with van der Waals surface area (Å²) in [5.74, 6) is 1.73. The van der Waals surface area contributed by atoms with Gasteiger partial charge in [-0.25, -0.2) is 0 Å². The number of benzene rings is 1. The Bertz CT molecular complexity index is 565. The summed E-state index contributed by atoms with van der Waals surface area (Å²) in [7, 11) is 0. The third-order valence-electron chi connectivity index (χ3n) is 5.15. The van der Waals surface area contributed by atoms with Crippen molar-refractivity contribution in [1.29, 1.82) is 0 Å². The summed E-state index contributed by atoms with van der Waals surface area (Å²) < 4.78 is 5.62. The molecule has 0 radical (unpaired) electrons. The molecular weight excluding hydrogens is 286 g/mol. The van der Waals surface area contributed by atoms with Gasteiger partial charge in [0.25, 0.3) is 0 Å². The minimum absolute atomic E-state index is 0.160. The zero-order chi connectivity index (χ0) is 16.1. The molecule has 1 aromatic carbocycles. The largest absolute Gasteiger partial charge is 0.493 e. The van der Waals surface area contributed by atoms with E-state index in [1.54, 1.807) is 6.08 Å². The number of carbonyl (C=O) groups excluding carboxylic acids is 1. The van der Waals surface area contributed by atoms with Gasteiger partial charge in [-0.15, -0.1) is 0 Å². The van der Waals surface area contributed by atoms with Gasteiger partial charge in [-0.3, -0.25) is 4.79 Å². The van der Waals surface area contributed by atoms with Crippen LogP contribution >= 0.6 is 0 Å². The molecule has 1 saturated carbocycles. The van der Waals surface area contributed by atoms with E-state index in [2.05, 4.69) is 4.90 Å². The summed E-state index contributed by atoms with van der Waals surface area (Å²) in [5.41, 5.74) is 0.972. The fourth-order valence-corrected chi connectivity index (χ4v) is 4.06. The van der Waals surface area contributed by atoms with Crippen LogP contribution in [0.5, 0.6) is 5.75 Å². The Labute approximate surface area is 139 Å². The van der Waals surface area contributed by atoms with Gasteiger partial charge in [-0.2, -0.15) is 0 Å². The number of likely N-dealkylation sites (tertiary alicyclic amines) is 1. The van der Waals surface area contributed by atoms with Gasteiger partial charge in [0.1, 0.15) is 5.75 Å². The number of para-hydroxylation sites is 1. The van der Waals surface area contributed by atoms with Crippen molar-refractivity contribution in [1.82, 2.24) is 4.90 Å². The maximum atomic E-state index is 12.7. The third kappa shape index (κ3) is 3.77. The lowest BCUT2D eigenvalue weighted by Gasteiger charge is -2.43. The Morgan fingerprint density at radius 2 is 2.00 bits per heavy atom. The number of fused-ring (bicyclic) bond motifs is 1. The fourth-order valence-electron chi connectivity index (χ4n) is 4.06. The summed E-state index contributed by atoms with van der Waals surface area (Å²) in [6.07, 6.45) is 11.2. The van der Waals surface area contributed by atoms with E-state index in [9.17, 15) is 4.79 Å². The quantitative estimate of drug-likeness (QED) is 0.777. The van der Waals surface area contributed by atoms with Crippen molar-refractivity contribution in [2.75, 3.05) is 13.2 Å². The van der Waals surface area contributed by atoms with E-state index < -0.39 is 0 Å². The number of carbonyl (C=O) groups is 1. The van der Waals surface area contributed by atoms with Crippen LogP contribution in [-0.4, -0.2) is 30.0 Å². The Balaban J connectivity index is 1.70. The molecule has 1 aromatic rings. The molecule has 1 amide bonds. The van der Waals surface area contributed by atoms with E-state index in [1.807, 2.05) is 37.3 Å². The zero-order valence-electron chi connectivity index (χ0n) is 14.0. The van der Waals surface area contributed by atoms with E-state index in [0.29, 0.717) is 12.6 Å². The van der Waals surface area contributed by atoms with E-state index in [-0.39, 0.29) is 5.91 Å². The van der Waals surface area contributed by atoms with Gasteiger partial charge in [-0.1, -0.05) is 31.0 Å². The Kier molecular flexibility index (Phi) is 5.37. The van der Waals surface area contributed by atoms with Crippen LogP contribution < -0.4 is 4.74 Å². The average Bonchev–Trinajstić information content (AvgIpc) is 2.60. The Hall–Kier alpha value is -1.77. The van der Waals surface area contributed by atoms with E-state index in [0.717, 1.165) is 30.2 Å². The molecule has 124 valence electrons. The molecule has 1 aliphatic carbocycles. The topological polar surface area (TPSA) is 29.5 Å². The second kappa shape index (κ2) is 7.67. The second-order valence-electron chi connectivity index (χ2n) is 6.59. The van der Waals surface area contributed by atoms with Crippen LogP contribution in [0.15, 0.2) is 30.3 Å². The van der Waals surface area contributed by atoms with Gasteiger partial charge < -0.3 is 9.64 Å². The lowest BCUT2D eigenvalue weighted by atomic mass is 9.78. The van der Waals surface area contributed by atoms with Crippen molar-refractivity contribution < 1.29 is 9.53 Å². The summed E-state index contributed by atoms with van der Waals surface area (Å²) in [6.45, 7) is 3.52. The van der Waals surface area contributed by atoms with Crippen LogP contribution in [-0.2, 0) is 4.79 Å². The maximum Gasteiger partial charge on any atom is 0.246 e. The van der Waals surface area contributed by atoms with Crippen LogP contribution in [0.4, 0.5) is 0 Å². The van der Waals surface area contributed by atoms with Crippen LogP contribution in [0.3, 0.4) is 0 Å². The number of nitrogens with zero attached hydrogens (tertiary/aromatic N) is 1. The molecule has 0 N–H and O–H groups in total. The standard InChI is InChI=1S/C20H27NO2/c1-2-23-19-12-6-4-9-17(19)13-14-20(22)21-15-7-10-16-8-3-5-11-18(16)21/h4,6,9,12-14,16,18H,2-3,5,7-8,10-11,15H2,1H3/b14-13+. The SMILES string of the molecule is CCOc1ccccc1/C=C/C(=O)N1CCCC2CCCCC21. The van der Waals surface area contributed by atoms with Crippen LogP contribution in [0.1, 0.15) is 51.0 Å². The molecule has 3 nitrogen and oxygen atoms in total. The van der Waals surface area contributed by atoms with E-state index in [1.165, 1.54) is 32.1 Å². The average molecular weight is 313 g/mol. The van der Waals surface area contributed by atoms with Gasteiger partial charge in [0.2, 0.25) is 5.91 Å². The Morgan fingerprint density at radius 1 is 1.22 bits per heavy atom. The molecule has 0 bridgehead atoms. The van der Waals surface area contributed by atoms with Crippen molar-refractivity contribution in [2.24, 2.45) is 5.92 Å². The summed E-state index contributed by atoms with van der Waals surface area (Å²) in [6, 6.07) is 8.35. The first-order valence-electron chi connectivity index (χ1n) is 9.00.